The molecule has 0 saturated heterocycles. The van der Waals surface area contributed by atoms with Crippen LogP contribution in [-0.4, -0.2) is 43.7 Å². The fourth-order valence-corrected chi connectivity index (χ4v) is 1.11. The van der Waals surface area contributed by atoms with Crippen LogP contribution >= 0.6 is 0 Å². The molecule has 0 aromatic rings. The van der Waals surface area contributed by atoms with Crippen molar-refractivity contribution in [1.82, 2.24) is 0 Å². The first-order chi connectivity index (χ1) is 9.41. The highest BCUT2D eigenvalue weighted by Gasteiger charge is 2.19. The molecule has 0 rings (SSSR count). The van der Waals surface area contributed by atoms with Gasteiger partial charge in [-0.25, -0.2) is 9.59 Å². The lowest BCUT2D eigenvalue weighted by atomic mass is 9.97. The van der Waals surface area contributed by atoms with Gasteiger partial charge in [-0.2, -0.15) is 0 Å². The predicted octanol–water partition coefficient (Wildman–Crippen LogP) is 2.06. The van der Waals surface area contributed by atoms with Crippen molar-refractivity contribution in [2.45, 2.75) is 33.1 Å². The quantitative estimate of drug-likeness (QED) is 0.376. The Hall–Kier alpha value is -1.56. The lowest BCUT2D eigenvalue weighted by Gasteiger charge is -2.20. The number of hydrogen-bond acceptors (Lipinski definition) is 6. The van der Waals surface area contributed by atoms with Gasteiger partial charge in [0, 0.05) is 11.5 Å². The zero-order valence-electron chi connectivity index (χ0n) is 12.2. The van der Waals surface area contributed by atoms with E-state index >= 15 is 0 Å². The molecule has 1 N–H and O–H groups in total. The van der Waals surface area contributed by atoms with E-state index in [1.807, 2.05) is 0 Å². The summed E-state index contributed by atoms with van der Waals surface area (Å²) < 4.78 is 14.5. The first-order valence-electron chi connectivity index (χ1n) is 6.61. The van der Waals surface area contributed by atoms with E-state index in [2.05, 4.69) is 6.58 Å². The summed E-state index contributed by atoms with van der Waals surface area (Å²) in [5.74, 6) is -0.434. The Bertz CT molecular complexity index is 311. The van der Waals surface area contributed by atoms with Gasteiger partial charge in [0.1, 0.15) is 6.61 Å². The maximum atomic E-state index is 11.2. The number of aliphatic hydroxyl groups is 1. The number of hydrogen-bond donors (Lipinski definition) is 1. The first kappa shape index (κ1) is 18.4. The molecule has 0 aliphatic heterocycles. The summed E-state index contributed by atoms with van der Waals surface area (Å²) in [5.41, 5.74) is -0.464. The van der Waals surface area contributed by atoms with Crippen LogP contribution < -0.4 is 0 Å². The van der Waals surface area contributed by atoms with Gasteiger partial charge >= 0.3 is 12.1 Å². The number of ether oxygens (including phenoxy) is 3. The summed E-state index contributed by atoms with van der Waals surface area (Å²) in [6, 6.07) is 0. The molecule has 0 amide bonds. The van der Waals surface area contributed by atoms with E-state index in [0.29, 0.717) is 19.4 Å². The van der Waals surface area contributed by atoms with Crippen LogP contribution in [0.1, 0.15) is 33.1 Å². The van der Waals surface area contributed by atoms with Gasteiger partial charge in [-0.1, -0.05) is 20.4 Å². The topological polar surface area (TPSA) is 82.1 Å². The molecule has 6 heteroatoms. The van der Waals surface area contributed by atoms with Gasteiger partial charge in [0.2, 0.25) is 0 Å². The van der Waals surface area contributed by atoms with E-state index < -0.39 is 17.5 Å². The fourth-order valence-electron chi connectivity index (χ4n) is 1.11. The third kappa shape index (κ3) is 10.4. The molecule has 20 heavy (non-hydrogen) atoms. The van der Waals surface area contributed by atoms with Crippen LogP contribution in [0.15, 0.2) is 12.7 Å². The van der Waals surface area contributed by atoms with Crippen LogP contribution in [0.2, 0.25) is 0 Å². The Balaban J connectivity index is 3.44. The number of esters is 1. The molecule has 0 bridgehead atoms. The van der Waals surface area contributed by atoms with Crippen molar-refractivity contribution in [2.75, 3.05) is 26.4 Å². The minimum Gasteiger partial charge on any atom is -0.463 e. The predicted molar refractivity (Wildman–Crippen MR) is 73.2 cm³/mol. The van der Waals surface area contributed by atoms with Crippen molar-refractivity contribution in [3.05, 3.63) is 12.7 Å². The van der Waals surface area contributed by atoms with Crippen molar-refractivity contribution in [3.8, 4) is 0 Å². The Morgan fingerprint density at radius 2 is 1.70 bits per heavy atom. The Morgan fingerprint density at radius 1 is 1.10 bits per heavy atom. The average Bonchev–Trinajstić information content (AvgIpc) is 2.43. The van der Waals surface area contributed by atoms with Crippen molar-refractivity contribution < 1.29 is 28.9 Å². The molecule has 0 aromatic heterocycles. The minimum atomic E-state index is -0.732. The molecule has 0 spiro atoms. The second-order valence-electron chi connectivity index (χ2n) is 5.14. The normalized spacial score (nSPS) is 10.8. The summed E-state index contributed by atoms with van der Waals surface area (Å²) in [4.78, 5) is 21.9. The molecule has 116 valence electrons. The highest BCUT2D eigenvalue weighted by molar-refractivity contribution is 5.81. The zero-order chi connectivity index (χ0) is 15.4. The van der Waals surface area contributed by atoms with Crippen molar-refractivity contribution in [3.63, 3.8) is 0 Å². The Morgan fingerprint density at radius 3 is 2.25 bits per heavy atom. The van der Waals surface area contributed by atoms with Crippen molar-refractivity contribution in [2.24, 2.45) is 5.41 Å². The van der Waals surface area contributed by atoms with Gasteiger partial charge in [0.15, 0.2) is 0 Å². The van der Waals surface area contributed by atoms with Gasteiger partial charge < -0.3 is 19.3 Å². The molecule has 0 radical (unpaired) electrons. The summed E-state index contributed by atoms with van der Waals surface area (Å²) in [5, 5.41) is 8.99. The van der Waals surface area contributed by atoms with Crippen molar-refractivity contribution in [1.29, 1.82) is 0 Å². The Kier molecular flexibility index (Phi) is 9.45. The fraction of sp³-hybridized carbons (Fsp3) is 0.714. The van der Waals surface area contributed by atoms with Gasteiger partial charge in [-0.3, -0.25) is 0 Å². The SMILES string of the molecule is C=CC(=O)OCCCCCOC(=O)OCC(C)(C)CO. The molecule has 0 heterocycles. The molecular weight excluding hydrogens is 264 g/mol. The van der Waals surface area contributed by atoms with Crippen LogP contribution in [0.25, 0.3) is 0 Å². The maximum absolute atomic E-state index is 11.2. The first-order valence-corrected chi connectivity index (χ1v) is 6.61. The van der Waals surface area contributed by atoms with E-state index in [4.69, 9.17) is 19.3 Å². The second kappa shape index (κ2) is 10.3. The highest BCUT2D eigenvalue weighted by Crippen LogP contribution is 2.13. The third-order valence-electron chi connectivity index (χ3n) is 2.43. The standard InChI is InChI=1S/C14H24O6/c1-4-12(16)18-8-6-5-7-9-19-13(17)20-11-14(2,3)10-15/h4,15H,1,5-11H2,2-3H3. The molecule has 0 aliphatic carbocycles. The van der Waals surface area contributed by atoms with Crippen LogP contribution in [-0.2, 0) is 19.0 Å². The summed E-state index contributed by atoms with van der Waals surface area (Å²) in [6.07, 6.45) is 2.54. The summed E-state index contributed by atoms with van der Waals surface area (Å²) >= 11 is 0. The molecule has 0 saturated carbocycles. The van der Waals surface area contributed by atoms with Crippen LogP contribution in [0.3, 0.4) is 0 Å². The molecule has 0 aliphatic rings. The minimum absolute atomic E-state index is 0.0658. The summed E-state index contributed by atoms with van der Waals surface area (Å²) in [7, 11) is 0. The number of rotatable bonds is 10. The van der Waals surface area contributed by atoms with E-state index in [0.717, 1.165) is 12.5 Å². The van der Waals surface area contributed by atoms with Crippen LogP contribution in [0.4, 0.5) is 4.79 Å². The number of aliphatic hydroxyl groups excluding tert-OH is 1. The molecule has 0 atom stereocenters. The highest BCUT2D eigenvalue weighted by atomic mass is 16.7. The average molecular weight is 288 g/mol. The number of carbonyl (C=O) groups is 2. The molecular formula is C14H24O6. The molecule has 0 unspecified atom stereocenters. The lowest BCUT2D eigenvalue weighted by Crippen LogP contribution is -2.25. The zero-order valence-corrected chi connectivity index (χ0v) is 12.2. The van der Waals surface area contributed by atoms with Crippen molar-refractivity contribution >= 4 is 12.1 Å². The van der Waals surface area contributed by atoms with E-state index in [1.165, 1.54) is 0 Å². The number of carbonyl (C=O) groups excluding carboxylic acids is 2. The van der Waals surface area contributed by atoms with Gasteiger partial charge in [-0.15, -0.1) is 0 Å². The molecule has 6 nitrogen and oxygen atoms in total. The smallest absolute Gasteiger partial charge is 0.463 e. The lowest BCUT2D eigenvalue weighted by molar-refractivity contribution is -0.137. The molecule has 0 aromatic carbocycles. The van der Waals surface area contributed by atoms with Crippen LogP contribution in [0.5, 0.6) is 0 Å². The second-order valence-corrected chi connectivity index (χ2v) is 5.14. The monoisotopic (exact) mass is 288 g/mol. The number of unbranched alkanes of at least 4 members (excludes halogenated alkanes) is 2. The largest absolute Gasteiger partial charge is 0.508 e. The molecule has 0 fully saturated rings. The van der Waals surface area contributed by atoms with E-state index in [9.17, 15) is 9.59 Å². The van der Waals surface area contributed by atoms with Gasteiger partial charge in [0.05, 0.1) is 19.8 Å². The van der Waals surface area contributed by atoms with Crippen LogP contribution in [0, 0.1) is 5.41 Å². The third-order valence-corrected chi connectivity index (χ3v) is 2.43. The van der Waals surface area contributed by atoms with Gasteiger partial charge in [0.25, 0.3) is 0 Å². The Labute approximate surface area is 119 Å². The maximum Gasteiger partial charge on any atom is 0.508 e. The van der Waals surface area contributed by atoms with Gasteiger partial charge in [-0.05, 0) is 19.3 Å². The van der Waals surface area contributed by atoms with E-state index in [-0.39, 0.29) is 19.8 Å². The summed E-state index contributed by atoms with van der Waals surface area (Å²) in [6.45, 7) is 7.49. The van der Waals surface area contributed by atoms with E-state index in [1.54, 1.807) is 13.8 Å².